The predicted molar refractivity (Wildman–Crippen MR) is 64.2 cm³/mol. The van der Waals surface area contributed by atoms with Crippen LogP contribution in [0.15, 0.2) is 11.3 Å². The first-order valence-corrected chi connectivity index (χ1v) is 6.31. The maximum absolute atomic E-state index is 11.4. The molecule has 2 rings (SSSR count). The van der Waals surface area contributed by atoms with Crippen LogP contribution in [-0.2, 0) is 14.4 Å². The number of carbonyl (C=O) groups is 3. The van der Waals surface area contributed by atoms with Crippen molar-refractivity contribution in [3.05, 3.63) is 11.3 Å². The Balaban J connectivity index is 2.29. The summed E-state index contributed by atoms with van der Waals surface area (Å²) in [4.78, 5) is 35.2. The molecule has 2 heterocycles. The highest BCUT2D eigenvalue weighted by atomic mass is 32.2. The van der Waals surface area contributed by atoms with Crippen molar-refractivity contribution >= 4 is 29.5 Å². The summed E-state index contributed by atoms with van der Waals surface area (Å²) in [5.74, 6) is -1.71. The van der Waals surface area contributed by atoms with E-state index in [9.17, 15) is 14.4 Å². The summed E-state index contributed by atoms with van der Waals surface area (Å²) in [6.45, 7) is 1.44. The molecule has 7 nitrogen and oxygen atoms in total. The van der Waals surface area contributed by atoms with Gasteiger partial charge in [0.2, 0.25) is 11.8 Å². The zero-order valence-corrected chi connectivity index (χ0v) is 10.5. The first kappa shape index (κ1) is 12.9. The van der Waals surface area contributed by atoms with Crippen molar-refractivity contribution in [1.82, 2.24) is 10.2 Å². The molecule has 4 N–H and O–H groups in total. The van der Waals surface area contributed by atoms with E-state index in [0.717, 1.165) is 0 Å². The van der Waals surface area contributed by atoms with Crippen LogP contribution < -0.4 is 11.1 Å². The molecule has 0 aliphatic carbocycles. The van der Waals surface area contributed by atoms with Crippen LogP contribution in [0.5, 0.6) is 0 Å². The van der Waals surface area contributed by atoms with Crippen LogP contribution in [0.25, 0.3) is 0 Å². The number of nitrogens with zero attached hydrogens (tertiary/aromatic N) is 1. The molecule has 2 amide bonds. The Kier molecular flexibility index (Phi) is 3.31. The largest absolute Gasteiger partial charge is 0.477 e. The van der Waals surface area contributed by atoms with Gasteiger partial charge in [-0.3, -0.25) is 14.5 Å². The topological polar surface area (TPSA) is 113 Å². The lowest BCUT2D eigenvalue weighted by molar-refractivity contribution is -0.146. The molecular weight excluding hydrogens is 258 g/mol. The quantitative estimate of drug-likeness (QED) is 0.570. The lowest BCUT2D eigenvalue weighted by atomic mass is 10.1. The van der Waals surface area contributed by atoms with Gasteiger partial charge in [-0.25, -0.2) is 4.79 Å². The summed E-state index contributed by atoms with van der Waals surface area (Å²) in [5, 5.41) is 11.1. The molecule has 98 valence electrons. The normalized spacial score (nSPS) is 26.6. The van der Waals surface area contributed by atoms with Gasteiger partial charge in [-0.1, -0.05) is 0 Å². The van der Waals surface area contributed by atoms with Gasteiger partial charge in [0.1, 0.15) is 11.1 Å². The van der Waals surface area contributed by atoms with E-state index < -0.39 is 11.3 Å². The number of amides is 2. The number of carboxylic acids is 1. The zero-order chi connectivity index (χ0) is 13.4. The fourth-order valence-electron chi connectivity index (χ4n) is 1.96. The van der Waals surface area contributed by atoms with Gasteiger partial charge in [0.15, 0.2) is 0 Å². The number of nitrogens with one attached hydrogen (secondary N) is 1. The van der Waals surface area contributed by atoms with E-state index in [1.165, 1.54) is 16.7 Å². The molecule has 1 fully saturated rings. The van der Waals surface area contributed by atoms with Crippen molar-refractivity contribution in [2.24, 2.45) is 5.73 Å². The Bertz CT molecular complexity index is 462. The highest BCUT2D eigenvalue weighted by Crippen LogP contribution is 2.42. The number of carboxylic acid groups (broad SMARTS) is 1. The Morgan fingerprint density at radius 1 is 1.61 bits per heavy atom. The monoisotopic (exact) mass is 271 g/mol. The number of hydrogen-bond donors (Lipinski definition) is 3. The first-order valence-electron chi connectivity index (χ1n) is 5.36. The summed E-state index contributed by atoms with van der Waals surface area (Å²) in [7, 11) is 0. The number of carbonyl (C=O) groups excluding carboxylic acids is 2. The number of β-lactam (4-membered cyclic amide) rings is 1. The summed E-state index contributed by atoms with van der Waals surface area (Å²) >= 11 is 1.35. The fourth-order valence-corrected chi connectivity index (χ4v) is 3.37. The van der Waals surface area contributed by atoms with E-state index in [1.807, 2.05) is 0 Å². The van der Waals surface area contributed by atoms with Crippen LogP contribution in [0.1, 0.15) is 13.3 Å². The maximum Gasteiger partial charge on any atom is 0.352 e. The predicted octanol–water partition coefficient (Wildman–Crippen LogP) is -0.949. The van der Waals surface area contributed by atoms with E-state index in [2.05, 4.69) is 5.32 Å². The Hall–Kier alpha value is -1.54. The van der Waals surface area contributed by atoms with E-state index >= 15 is 0 Å². The molecule has 2 atom stereocenters. The van der Waals surface area contributed by atoms with Gasteiger partial charge in [-0.05, 0) is 12.5 Å². The highest BCUT2D eigenvalue weighted by molar-refractivity contribution is 8.00. The van der Waals surface area contributed by atoms with Gasteiger partial charge in [-0.2, -0.15) is 0 Å². The van der Waals surface area contributed by atoms with Crippen LogP contribution in [-0.4, -0.2) is 45.1 Å². The molecule has 2 aliphatic heterocycles. The average molecular weight is 271 g/mol. The van der Waals surface area contributed by atoms with Crippen molar-refractivity contribution in [1.29, 1.82) is 0 Å². The minimum Gasteiger partial charge on any atom is -0.477 e. The summed E-state index contributed by atoms with van der Waals surface area (Å²) < 4.78 is 0. The van der Waals surface area contributed by atoms with Gasteiger partial charge >= 0.3 is 5.97 Å². The van der Waals surface area contributed by atoms with Crippen molar-refractivity contribution in [2.45, 2.75) is 24.1 Å². The lowest BCUT2D eigenvalue weighted by Crippen LogP contribution is -2.57. The maximum atomic E-state index is 11.4. The molecule has 1 saturated heterocycles. The van der Waals surface area contributed by atoms with Crippen LogP contribution >= 0.6 is 11.8 Å². The molecular formula is C10H13N3O4S. The molecule has 0 spiro atoms. The molecule has 1 unspecified atom stereocenters. The zero-order valence-electron chi connectivity index (χ0n) is 9.67. The molecule has 18 heavy (non-hydrogen) atoms. The SMILES string of the molecule is CC1=C(C(=O)O)N2C(=O)C[C@H]2SC1NC(=O)CN. The van der Waals surface area contributed by atoms with Crippen LogP contribution in [0.2, 0.25) is 0 Å². The van der Waals surface area contributed by atoms with Crippen molar-refractivity contribution in [3.8, 4) is 0 Å². The smallest absolute Gasteiger partial charge is 0.352 e. The van der Waals surface area contributed by atoms with Gasteiger partial charge < -0.3 is 16.2 Å². The molecule has 0 aromatic heterocycles. The number of thioether (sulfide) groups is 1. The van der Waals surface area contributed by atoms with E-state index in [4.69, 9.17) is 10.8 Å². The Morgan fingerprint density at radius 3 is 2.78 bits per heavy atom. The second-order valence-corrected chi connectivity index (χ2v) is 5.33. The molecule has 0 aromatic rings. The van der Waals surface area contributed by atoms with Crippen LogP contribution in [0.3, 0.4) is 0 Å². The molecule has 0 saturated carbocycles. The molecule has 8 heteroatoms. The minimum absolute atomic E-state index is 0.0303. The van der Waals surface area contributed by atoms with Gasteiger partial charge in [0.05, 0.1) is 18.3 Å². The van der Waals surface area contributed by atoms with E-state index in [-0.39, 0.29) is 29.4 Å². The number of hydrogen-bond acceptors (Lipinski definition) is 5. The van der Waals surface area contributed by atoms with Gasteiger partial charge in [-0.15, -0.1) is 11.8 Å². The summed E-state index contributed by atoms with van der Waals surface area (Å²) in [6.07, 6.45) is 0.295. The van der Waals surface area contributed by atoms with Crippen molar-refractivity contribution < 1.29 is 19.5 Å². The van der Waals surface area contributed by atoms with Crippen LogP contribution in [0, 0.1) is 0 Å². The van der Waals surface area contributed by atoms with Gasteiger partial charge in [0.25, 0.3) is 0 Å². The number of nitrogens with two attached hydrogens (primary N) is 1. The number of aliphatic carboxylic acids is 1. The average Bonchev–Trinajstić information content (AvgIpc) is 2.31. The van der Waals surface area contributed by atoms with E-state index in [1.54, 1.807) is 6.92 Å². The molecule has 0 bridgehead atoms. The molecule has 2 aliphatic rings. The third-order valence-electron chi connectivity index (χ3n) is 2.89. The second-order valence-electron chi connectivity index (χ2n) is 4.05. The molecule has 0 aromatic carbocycles. The third-order valence-corrected chi connectivity index (χ3v) is 4.32. The minimum atomic E-state index is -1.15. The fraction of sp³-hybridized carbons (Fsp3) is 0.500. The Labute approximate surface area is 107 Å². The molecule has 0 radical (unpaired) electrons. The van der Waals surface area contributed by atoms with Crippen molar-refractivity contribution in [2.75, 3.05) is 6.54 Å². The summed E-state index contributed by atoms with van der Waals surface area (Å²) in [5.41, 5.74) is 5.64. The standard InChI is InChI=1S/C10H13N3O4S/c1-4-8(10(16)17)13-6(15)2-7(13)18-9(4)12-5(14)3-11/h7,9H,2-3,11H2,1H3,(H,12,14)(H,16,17)/t7-,9?/m1/s1. The first-order chi connectivity index (χ1) is 8.45. The Morgan fingerprint density at radius 2 is 2.28 bits per heavy atom. The lowest BCUT2D eigenvalue weighted by Gasteiger charge is -2.46. The van der Waals surface area contributed by atoms with Gasteiger partial charge in [0, 0.05) is 0 Å². The highest BCUT2D eigenvalue weighted by Gasteiger charge is 2.47. The summed E-state index contributed by atoms with van der Waals surface area (Å²) in [6, 6.07) is 0. The number of fused-ring (bicyclic) bond motifs is 1. The van der Waals surface area contributed by atoms with Crippen molar-refractivity contribution in [3.63, 3.8) is 0 Å². The van der Waals surface area contributed by atoms with E-state index in [0.29, 0.717) is 12.0 Å². The number of rotatable bonds is 3. The third kappa shape index (κ3) is 1.97. The van der Waals surface area contributed by atoms with Crippen LogP contribution in [0.4, 0.5) is 0 Å². The second kappa shape index (κ2) is 4.62.